The largest absolute Gasteiger partial charge is 0.359 e. The first kappa shape index (κ1) is 12.3. The summed E-state index contributed by atoms with van der Waals surface area (Å²) in [6.07, 6.45) is 0.0864. The van der Waals surface area contributed by atoms with Gasteiger partial charge in [-0.05, 0) is 6.92 Å². The average Bonchev–Trinajstić information content (AvgIpc) is 2.11. The first-order valence-corrected chi connectivity index (χ1v) is 4.11. The fourth-order valence-electron chi connectivity index (χ4n) is 0.595. The smallest absolute Gasteiger partial charge is 0.325 e. The lowest BCUT2D eigenvalue weighted by Crippen LogP contribution is -2.36. The molecule has 0 atom stereocenters. The minimum absolute atomic E-state index is 0.0864. The van der Waals surface area contributed by atoms with Gasteiger partial charge in [-0.2, -0.15) is 0 Å². The Labute approximate surface area is 82.3 Å². The Morgan fingerprint density at radius 3 is 2.07 bits per heavy atom. The van der Waals surface area contributed by atoms with Gasteiger partial charge < -0.3 is 4.84 Å². The van der Waals surface area contributed by atoms with E-state index in [1.807, 2.05) is 0 Å². The highest BCUT2D eigenvalue weighted by atomic mass is 16.7. The van der Waals surface area contributed by atoms with E-state index in [9.17, 15) is 14.4 Å². The van der Waals surface area contributed by atoms with Gasteiger partial charge in [0, 0.05) is 18.9 Å². The second-order valence-electron chi connectivity index (χ2n) is 2.72. The van der Waals surface area contributed by atoms with Gasteiger partial charge in [-0.25, -0.2) is 4.79 Å². The summed E-state index contributed by atoms with van der Waals surface area (Å²) in [6, 6.07) is 0. The molecular formula is C9H13NO4. The lowest BCUT2D eigenvalue weighted by atomic mass is 10.4. The van der Waals surface area contributed by atoms with Crippen LogP contribution in [0.1, 0.15) is 27.2 Å². The maximum Gasteiger partial charge on any atom is 0.359 e. The third-order valence-corrected chi connectivity index (χ3v) is 1.34. The summed E-state index contributed by atoms with van der Waals surface area (Å²) in [4.78, 5) is 37.5. The highest BCUT2D eigenvalue weighted by molar-refractivity contribution is 5.96. The molecule has 0 fully saturated rings. The molecule has 5 nitrogen and oxygen atoms in total. The molecule has 0 rings (SSSR count). The zero-order chi connectivity index (χ0) is 11.3. The van der Waals surface area contributed by atoms with Gasteiger partial charge in [0.15, 0.2) is 0 Å². The van der Waals surface area contributed by atoms with Gasteiger partial charge in [0.1, 0.15) is 0 Å². The average molecular weight is 199 g/mol. The zero-order valence-corrected chi connectivity index (χ0v) is 8.49. The molecule has 0 aromatic heterocycles. The second kappa shape index (κ2) is 5.16. The Hall–Kier alpha value is -1.65. The fraction of sp³-hybridized carbons (Fsp3) is 0.444. The molecule has 0 spiro atoms. The molecular weight excluding hydrogens is 186 g/mol. The molecule has 78 valence electrons. The molecule has 0 heterocycles. The van der Waals surface area contributed by atoms with Crippen LogP contribution in [-0.4, -0.2) is 22.8 Å². The summed E-state index contributed by atoms with van der Waals surface area (Å²) in [7, 11) is 0. The monoisotopic (exact) mass is 199 g/mol. The van der Waals surface area contributed by atoms with Crippen LogP contribution >= 0.6 is 0 Å². The molecule has 0 aliphatic rings. The van der Waals surface area contributed by atoms with Gasteiger partial charge >= 0.3 is 5.97 Å². The van der Waals surface area contributed by atoms with Crippen molar-refractivity contribution in [2.75, 3.05) is 0 Å². The number of carbonyl (C=O) groups excluding carboxylic acids is 3. The van der Waals surface area contributed by atoms with E-state index in [2.05, 4.69) is 11.4 Å². The second-order valence-corrected chi connectivity index (χ2v) is 2.72. The minimum atomic E-state index is -0.790. The molecule has 0 aromatic rings. The first-order valence-electron chi connectivity index (χ1n) is 4.11. The van der Waals surface area contributed by atoms with E-state index in [0.29, 0.717) is 5.06 Å². The molecule has 0 saturated heterocycles. The van der Waals surface area contributed by atoms with Crippen LogP contribution in [0.15, 0.2) is 12.2 Å². The molecule has 0 aromatic carbocycles. The highest BCUT2D eigenvalue weighted by Crippen LogP contribution is 2.01. The lowest BCUT2D eigenvalue weighted by Gasteiger charge is -2.16. The Morgan fingerprint density at radius 2 is 1.79 bits per heavy atom. The van der Waals surface area contributed by atoms with Gasteiger partial charge in [-0.3, -0.25) is 9.59 Å². The first-order chi connectivity index (χ1) is 6.40. The number of carbonyl (C=O) groups is 3. The quantitative estimate of drug-likeness (QED) is 0.487. The maximum absolute atomic E-state index is 11.1. The van der Waals surface area contributed by atoms with Gasteiger partial charge in [-0.15, -0.1) is 5.06 Å². The van der Waals surface area contributed by atoms with Crippen LogP contribution in [-0.2, 0) is 19.2 Å². The molecule has 2 amide bonds. The van der Waals surface area contributed by atoms with Crippen LogP contribution in [0.5, 0.6) is 0 Å². The molecule has 0 unspecified atom stereocenters. The maximum atomic E-state index is 11.1. The molecule has 0 aliphatic carbocycles. The van der Waals surface area contributed by atoms with Crippen molar-refractivity contribution in [2.24, 2.45) is 0 Å². The predicted molar refractivity (Wildman–Crippen MR) is 48.7 cm³/mol. The molecule has 14 heavy (non-hydrogen) atoms. The summed E-state index contributed by atoms with van der Waals surface area (Å²) in [6.45, 7) is 7.46. The van der Waals surface area contributed by atoms with Gasteiger partial charge in [-0.1, -0.05) is 13.5 Å². The third kappa shape index (κ3) is 3.38. The SMILES string of the molecule is C=C(C)C(=O)ON(C(C)=O)C(=O)CC. The van der Waals surface area contributed by atoms with E-state index < -0.39 is 17.8 Å². The Morgan fingerprint density at radius 1 is 1.29 bits per heavy atom. The van der Waals surface area contributed by atoms with E-state index in [1.54, 1.807) is 6.92 Å². The van der Waals surface area contributed by atoms with Crippen molar-refractivity contribution in [3.8, 4) is 0 Å². The predicted octanol–water partition coefficient (Wildman–Crippen LogP) is 0.806. The van der Waals surface area contributed by atoms with E-state index in [0.717, 1.165) is 6.92 Å². The van der Waals surface area contributed by atoms with E-state index in [1.165, 1.54) is 6.92 Å². The normalized spacial score (nSPS) is 9.07. The van der Waals surface area contributed by atoms with Crippen LogP contribution in [0.3, 0.4) is 0 Å². The summed E-state index contributed by atoms with van der Waals surface area (Å²) in [5.41, 5.74) is 0.125. The molecule has 0 aliphatic heterocycles. The summed E-state index contributed by atoms with van der Waals surface area (Å²) in [5.74, 6) is -1.99. The number of imide groups is 1. The fourth-order valence-corrected chi connectivity index (χ4v) is 0.595. The van der Waals surface area contributed by atoms with Gasteiger partial charge in [0.25, 0.3) is 11.8 Å². The van der Waals surface area contributed by atoms with Crippen LogP contribution in [0, 0.1) is 0 Å². The van der Waals surface area contributed by atoms with Crippen LogP contribution in [0.25, 0.3) is 0 Å². The molecule has 0 bridgehead atoms. The van der Waals surface area contributed by atoms with Crippen molar-refractivity contribution in [2.45, 2.75) is 27.2 Å². The number of hydrogen-bond acceptors (Lipinski definition) is 4. The van der Waals surface area contributed by atoms with E-state index >= 15 is 0 Å². The van der Waals surface area contributed by atoms with Crippen LogP contribution in [0.2, 0.25) is 0 Å². The lowest BCUT2D eigenvalue weighted by molar-refractivity contribution is -0.198. The number of hydrogen-bond donors (Lipinski definition) is 0. The van der Waals surface area contributed by atoms with E-state index in [-0.39, 0.29) is 12.0 Å². The van der Waals surface area contributed by atoms with Crippen molar-refractivity contribution in [3.63, 3.8) is 0 Å². The van der Waals surface area contributed by atoms with Gasteiger partial charge in [0.05, 0.1) is 0 Å². The number of nitrogens with zero attached hydrogens (tertiary/aromatic N) is 1. The summed E-state index contributed by atoms with van der Waals surface area (Å²) in [5, 5.41) is 0.441. The van der Waals surface area contributed by atoms with Crippen molar-refractivity contribution < 1.29 is 19.2 Å². The van der Waals surface area contributed by atoms with Gasteiger partial charge in [0.2, 0.25) is 0 Å². The minimum Gasteiger partial charge on any atom is -0.325 e. The molecule has 5 heteroatoms. The Bertz CT molecular complexity index is 283. The molecule has 0 N–H and O–H groups in total. The van der Waals surface area contributed by atoms with Crippen LogP contribution < -0.4 is 0 Å². The van der Waals surface area contributed by atoms with Crippen LogP contribution in [0.4, 0.5) is 0 Å². The highest BCUT2D eigenvalue weighted by Gasteiger charge is 2.21. The van der Waals surface area contributed by atoms with Crippen molar-refractivity contribution >= 4 is 17.8 Å². The Kier molecular flexibility index (Phi) is 4.55. The zero-order valence-electron chi connectivity index (χ0n) is 8.49. The topological polar surface area (TPSA) is 63.7 Å². The third-order valence-electron chi connectivity index (χ3n) is 1.34. The van der Waals surface area contributed by atoms with Crippen molar-refractivity contribution in [3.05, 3.63) is 12.2 Å². The van der Waals surface area contributed by atoms with Crippen molar-refractivity contribution in [1.82, 2.24) is 5.06 Å². The number of rotatable bonds is 2. The van der Waals surface area contributed by atoms with E-state index in [4.69, 9.17) is 0 Å². The number of hydroxylamine groups is 2. The van der Waals surface area contributed by atoms with Crippen molar-refractivity contribution in [1.29, 1.82) is 0 Å². The molecule has 0 saturated carbocycles. The molecule has 0 radical (unpaired) electrons. The number of amides is 2. The summed E-state index contributed by atoms with van der Waals surface area (Å²) >= 11 is 0. The summed E-state index contributed by atoms with van der Waals surface area (Å²) < 4.78 is 0. The Balaban J connectivity index is 4.54. The standard InChI is InChI=1S/C9H13NO4/c1-5-8(12)10(7(4)11)14-9(13)6(2)3/h2,5H2,1,3-4H3.